The minimum atomic E-state index is -1.14. The molecule has 29 heavy (non-hydrogen) atoms. The monoisotopic (exact) mass is 389 g/mol. The summed E-state index contributed by atoms with van der Waals surface area (Å²) in [6.07, 6.45) is 0.485. The zero-order valence-corrected chi connectivity index (χ0v) is 16.6. The number of aryl methyl sites for hydroxylation is 1. The van der Waals surface area contributed by atoms with Gasteiger partial charge in [0.1, 0.15) is 12.4 Å². The Balaban J connectivity index is 1.42. The van der Waals surface area contributed by atoms with Gasteiger partial charge in [0.25, 0.3) is 5.91 Å². The second-order valence-corrected chi connectivity index (χ2v) is 7.18. The van der Waals surface area contributed by atoms with Crippen LogP contribution in [0, 0.1) is 0 Å². The summed E-state index contributed by atoms with van der Waals surface area (Å²) < 4.78 is 5.81. The molecule has 0 aliphatic heterocycles. The lowest BCUT2D eigenvalue weighted by Crippen LogP contribution is -2.36. The molecule has 3 aromatic carbocycles. The number of hydrogen-bond acceptors (Lipinski definition) is 3. The van der Waals surface area contributed by atoms with Gasteiger partial charge in [0.2, 0.25) is 0 Å². The van der Waals surface area contributed by atoms with E-state index in [9.17, 15) is 9.90 Å². The van der Waals surface area contributed by atoms with E-state index in [-0.39, 0.29) is 11.9 Å². The average molecular weight is 389 g/mol. The minimum Gasteiger partial charge on any atom is -0.489 e. The van der Waals surface area contributed by atoms with Crippen LogP contribution in [0.4, 0.5) is 0 Å². The van der Waals surface area contributed by atoms with E-state index in [0.29, 0.717) is 12.2 Å². The first-order valence-electron chi connectivity index (χ1n) is 9.91. The third kappa shape index (κ3) is 6.47. The molecule has 2 N–H and O–H groups in total. The van der Waals surface area contributed by atoms with Gasteiger partial charge >= 0.3 is 0 Å². The molecule has 3 aromatic rings. The first kappa shape index (κ1) is 20.6. The van der Waals surface area contributed by atoms with Crippen LogP contribution in [-0.2, 0) is 17.8 Å². The second-order valence-electron chi connectivity index (χ2n) is 7.18. The Bertz CT molecular complexity index is 879. The molecule has 0 fully saturated rings. The van der Waals surface area contributed by atoms with Crippen molar-refractivity contribution in [1.82, 2.24) is 5.32 Å². The predicted octanol–water partition coefficient (Wildman–Crippen LogP) is 4.44. The van der Waals surface area contributed by atoms with Crippen LogP contribution in [-0.4, -0.2) is 17.1 Å². The van der Waals surface area contributed by atoms with Crippen molar-refractivity contribution in [3.05, 3.63) is 102 Å². The number of carbonyl (C=O) groups is 1. The second kappa shape index (κ2) is 10.4. The summed E-state index contributed by atoms with van der Waals surface area (Å²) in [7, 11) is 0. The molecule has 4 nitrogen and oxygen atoms in total. The number of ether oxygens (including phenoxy) is 1. The van der Waals surface area contributed by atoms with Crippen LogP contribution < -0.4 is 10.1 Å². The molecular formula is C25H27NO3. The van der Waals surface area contributed by atoms with Crippen molar-refractivity contribution in [3.8, 4) is 5.75 Å². The van der Waals surface area contributed by atoms with Crippen LogP contribution in [0.15, 0.2) is 84.9 Å². The fourth-order valence-corrected chi connectivity index (χ4v) is 3.06. The number of benzene rings is 3. The van der Waals surface area contributed by atoms with E-state index in [4.69, 9.17) is 4.74 Å². The van der Waals surface area contributed by atoms with Crippen LogP contribution >= 0.6 is 0 Å². The zero-order chi connectivity index (χ0) is 20.5. The molecule has 0 heterocycles. The van der Waals surface area contributed by atoms with E-state index in [0.717, 1.165) is 24.2 Å². The molecule has 2 atom stereocenters. The maximum absolute atomic E-state index is 12.2. The topological polar surface area (TPSA) is 58.6 Å². The van der Waals surface area contributed by atoms with Gasteiger partial charge in [-0.2, -0.15) is 0 Å². The van der Waals surface area contributed by atoms with Crippen molar-refractivity contribution in [2.24, 2.45) is 0 Å². The number of hydrogen-bond donors (Lipinski definition) is 2. The third-order valence-corrected chi connectivity index (χ3v) is 4.79. The van der Waals surface area contributed by atoms with E-state index in [1.165, 1.54) is 5.56 Å². The van der Waals surface area contributed by atoms with Gasteiger partial charge in [-0.05, 0) is 48.6 Å². The smallest absolute Gasteiger partial charge is 0.253 e. The zero-order valence-electron chi connectivity index (χ0n) is 16.6. The summed E-state index contributed by atoms with van der Waals surface area (Å²) in [5.41, 5.74) is 2.92. The Morgan fingerprint density at radius 1 is 0.897 bits per heavy atom. The summed E-state index contributed by atoms with van der Waals surface area (Å²) in [6, 6.07) is 27.0. The number of aliphatic hydroxyl groups is 1. The van der Waals surface area contributed by atoms with Crippen LogP contribution in [0.3, 0.4) is 0 Å². The van der Waals surface area contributed by atoms with E-state index in [1.54, 1.807) is 12.1 Å². The van der Waals surface area contributed by atoms with Gasteiger partial charge in [-0.15, -0.1) is 0 Å². The molecule has 0 bridgehead atoms. The first-order chi connectivity index (χ1) is 14.1. The highest BCUT2D eigenvalue weighted by molar-refractivity contribution is 5.82. The molecule has 2 unspecified atom stereocenters. The highest BCUT2D eigenvalue weighted by atomic mass is 16.5. The van der Waals surface area contributed by atoms with E-state index in [2.05, 4.69) is 5.32 Å². The van der Waals surface area contributed by atoms with Crippen molar-refractivity contribution in [1.29, 1.82) is 0 Å². The van der Waals surface area contributed by atoms with Gasteiger partial charge < -0.3 is 15.2 Å². The van der Waals surface area contributed by atoms with Crippen molar-refractivity contribution in [2.45, 2.75) is 38.5 Å². The van der Waals surface area contributed by atoms with Crippen molar-refractivity contribution in [3.63, 3.8) is 0 Å². The number of amides is 1. The number of nitrogens with one attached hydrogen (secondary N) is 1. The molecule has 0 saturated carbocycles. The molecular weight excluding hydrogens is 362 g/mol. The van der Waals surface area contributed by atoms with Gasteiger partial charge in [0.15, 0.2) is 6.10 Å². The van der Waals surface area contributed by atoms with Crippen LogP contribution in [0.2, 0.25) is 0 Å². The molecule has 0 aromatic heterocycles. The predicted molar refractivity (Wildman–Crippen MR) is 115 cm³/mol. The summed E-state index contributed by atoms with van der Waals surface area (Å²) in [6.45, 7) is 2.50. The Morgan fingerprint density at radius 3 is 2.17 bits per heavy atom. The molecule has 0 spiro atoms. The fraction of sp³-hybridized carbons (Fsp3) is 0.240. The van der Waals surface area contributed by atoms with Gasteiger partial charge in [0, 0.05) is 6.04 Å². The summed E-state index contributed by atoms with van der Waals surface area (Å²) >= 11 is 0. The Hall–Kier alpha value is -3.11. The quantitative estimate of drug-likeness (QED) is 0.569. The summed E-state index contributed by atoms with van der Waals surface area (Å²) in [4.78, 5) is 12.2. The largest absolute Gasteiger partial charge is 0.489 e. The van der Waals surface area contributed by atoms with Crippen LogP contribution in [0.1, 0.15) is 36.1 Å². The maximum Gasteiger partial charge on any atom is 0.253 e. The molecule has 0 aliphatic carbocycles. The lowest BCUT2D eigenvalue weighted by Gasteiger charge is -2.17. The summed E-state index contributed by atoms with van der Waals surface area (Å²) in [5, 5.41) is 13.0. The average Bonchev–Trinajstić information content (AvgIpc) is 2.77. The van der Waals surface area contributed by atoms with E-state index >= 15 is 0 Å². The van der Waals surface area contributed by atoms with E-state index < -0.39 is 6.10 Å². The fourth-order valence-electron chi connectivity index (χ4n) is 3.06. The van der Waals surface area contributed by atoms with E-state index in [1.807, 2.05) is 79.7 Å². The molecule has 0 radical (unpaired) electrons. The normalized spacial score (nSPS) is 12.8. The Labute approximate surface area is 172 Å². The van der Waals surface area contributed by atoms with Gasteiger partial charge in [-0.3, -0.25) is 4.79 Å². The lowest BCUT2D eigenvalue weighted by atomic mass is 10.0. The van der Waals surface area contributed by atoms with Gasteiger partial charge in [0.05, 0.1) is 0 Å². The number of aliphatic hydroxyl groups excluding tert-OH is 1. The molecule has 3 rings (SSSR count). The van der Waals surface area contributed by atoms with Crippen molar-refractivity contribution >= 4 is 5.91 Å². The SMILES string of the molecule is CC(CCc1ccc(OCc2ccccc2)cc1)NC(=O)C(O)c1ccccc1. The summed E-state index contributed by atoms with van der Waals surface area (Å²) in [5.74, 6) is 0.471. The first-order valence-corrected chi connectivity index (χ1v) is 9.91. The third-order valence-electron chi connectivity index (χ3n) is 4.79. The standard InChI is InChI=1S/C25H27NO3/c1-19(26-25(28)24(27)22-10-6-3-7-11-22)12-13-20-14-16-23(17-15-20)29-18-21-8-4-2-5-9-21/h2-11,14-17,19,24,27H,12-13,18H2,1H3,(H,26,28). The number of carbonyl (C=O) groups excluding carboxylic acids is 1. The maximum atomic E-state index is 12.2. The highest BCUT2D eigenvalue weighted by Crippen LogP contribution is 2.16. The molecule has 150 valence electrons. The molecule has 4 heteroatoms. The lowest BCUT2D eigenvalue weighted by molar-refractivity contribution is -0.130. The van der Waals surface area contributed by atoms with Crippen molar-refractivity contribution in [2.75, 3.05) is 0 Å². The minimum absolute atomic E-state index is 0.0325. The van der Waals surface area contributed by atoms with Crippen LogP contribution in [0.25, 0.3) is 0 Å². The number of rotatable bonds is 9. The molecule has 0 saturated heterocycles. The Kier molecular flexibility index (Phi) is 7.42. The van der Waals surface area contributed by atoms with Crippen LogP contribution in [0.5, 0.6) is 5.75 Å². The van der Waals surface area contributed by atoms with Crippen molar-refractivity contribution < 1.29 is 14.6 Å². The highest BCUT2D eigenvalue weighted by Gasteiger charge is 2.18. The Morgan fingerprint density at radius 2 is 1.52 bits per heavy atom. The molecule has 1 amide bonds. The van der Waals surface area contributed by atoms with Gasteiger partial charge in [-0.25, -0.2) is 0 Å². The molecule has 0 aliphatic rings. The van der Waals surface area contributed by atoms with Gasteiger partial charge in [-0.1, -0.05) is 72.8 Å².